The Morgan fingerprint density at radius 1 is 1.41 bits per heavy atom. The molecule has 1 aliphatic rings. The van der Waals surface area contributed by atoms with Crippen LogP contribution in [-0.2, 0) is 11.2 Å². The van der Waals surface area contributed by atoms with Crippen LogP contribution in [0.2, 0.25) is 0 Å². The molecule has 0 radical (unpaired) electrons. The number of benzene rings is 1. The second-order valence-corrected chi connectivity index (χ2v) is 5.80. The number of anilines is 1. The molecule has 6 heteroatoms. The van der Waals surface area contributed by atoms with Gasteiger partial charge in [0.05, 0.1) is 12.3 Å². The molecule has 0 saturated carbocycles. The van der Waals surface area contributed by atoms with Crippen molar-refractivity contribution >= 4 is 28.1 Å². The summed E-state index contributed by atoms with van der Waals surface area (Å²) >= 11 is 1.34. The van der Waals surface area contributed by atoms with E-state index in [1.54, 1.807) is 12.3 Å². The van der Waals surface area contributed by atoms with E-state index in [1.807, 2.05) is 6.07 Å². The summed E-state index contributed by atoms with van der Waals surface area (Å²) in [6.45, 7) is 2.12. The molecule has 0 fully saturated rings. The van der Waals surface area contributed by atoms with E-state index >= 15 is 0 Å². The van der Waals surface area contributed by atoms with Crippen LogP contribution in [0.1, 0.15) is 41.4 Å². The van der Waals surface area contributed by atoms with Crippen molar-refractivity contribution in [3.8, 4) is 0 Å². The van der Waals surface area contributed by atoms with Gasteiger partial charge in [0.2, 0.25) is 5.13 Å². The van der Waals surface area contributed by atoms with Gasteiger partial charge in [0, 0.05) is 10.9 Å². The molecule has 1 heterocycles. The summed E-state index contributed by atoms with van der Waals surface area (Å²) in [5, 5.41) is 6.75. The summed E-state index contributed by atoms with van der Waals surface area (Å²) in [7, 11) is 0. The molecule has 22 heavy (non-hydrogen) atoms. The highest BCUT2D eigenvalue weighted by Crippen LogP contribution is 2.22. The van der Waals surface area contributed by atoms with E-state index in [0.717, 1.165) is 25.0 Å². The van der Waals surface area contributed by atoms with Crippen molar-refractivity contribution in [2.24, 2.45) is 5.10 Å². The van der Waals surface area contributed by atoms with Crippen LogP contribution >= 0.6 is 11.3 Å². The van der Waals surface area contributed by atoms with Crippen LogP contribution in [0, 0.1) is 0 Å². The van der Waals surface area contributed by atoms with E-state index in [4.69, 9.17) is 4.74 Å². The maximum absolute atomic E-state index is 11.6. The molecule has 0 spiro atoms. The largest absolute Gasteiger partial charge is 0.461 e. The van der Waals surface area contributed by atoms with Crippen molar-refractivity contribution < 1.29 is 9.53 Å². The average Bonchev–Trinajstić information content (AvgIpc) is 3.02. The number of rotatable bonds is 4. The molecule has 0 aliphatic heterocycles. The second kappa shape index (κ2) is 6.70. The summed E-state index contributed by atoms with van der Waals surface area (Å²) in [4.78, 5) is 15.8. The number of hydrogen-bond donors (Lipinski definition) is 1. The zero-order chi connectivity index (χ0) is 15.4. The van der Waals surface area contributed by atoms with Crippen LogP contribution in [-0.4, -0.2) is 23.3 Å². The smallest absolute Gasteiger partial charge is 0.357 e. The number of aryl methyl sites for hydroxylation is 1. The Morgan fingerprint density at radius 3 is 3.14 bits per heavy atom. The van der Waals surface area contributed by atoms with Crippen molar-refractivity contribution in [2.75, 3.05) is 12.0 Å². The van der Waals surface area contributed by atoms with Gasteiger partial charge in [0.1, 0.15) is 0 Å². The summed E-state index contributed by atoms with van der Waals surface area (Å²) in [5.41, 5.74) is 6.85. The first-order chi connectivity index (χ1) is 10.8. The first-order valence-electron chi connectivity index (χ1n) is 7.31. The van der Waals surface area contributed by atoms with Crippen molar-refractivity contribution in [3.05, 3.63) is 46.5 Å². The molecular formula is C16H17N3O2S. The normalized spacial score (nSPS) is 15.4. The van der Waals surface area contributed by atoms with E-state index in [0.29, 0.717) is 17.4 Å². The number of nitrogens with zero attached hydrogens (tertiary/aromatic N) is 2. The molecule has 1 aliphatic carbocycles. The fourth-order valence-corrected chi connectivity index (χ4v) is 3.08. The zero-order valence-electron chi connectivity index (χ0n) is 12.3. The summed E-state index contributed by atoms with van der Waals surface area (Å²) in [6, 6.07) is 8.33. The SMILES string of the molecule is CCOC(=O)c1csc(N/N=C2/CCCc3ccccc32)n1. The van der Waals surface area contributed by atoms with Gasteiger partial charge in [0.15, 0.2) is 5.69 Å². The maximum atomic E-state index is 11.6. The van der Waals surface area contributed by atoms with Gasteiger partial charge in [-0.3, -0.25) is 5.43 Å². The minimum Gasteiger partial charge on any atom is -0.461 e. The van der Waals surface area contributed by atoms with Crippen molar-refractivity contribution in [2.45, 2.75) is 26.2 Å². The molecule has 0 atom stereocenters. The Hall–Kier alpha value is -2.21. The lowest BCUT2D eigenvalue weighted by Gasteiger charge is -2.17. The third kappa shape index (κ3) is 3.17. The Morgan fingerprint density at radius 2 is 2.27 bits per heavy atom. The molecule has 0 saturated heterocycles. The lowest BCUT2D eigenvalue weighted by Crippen LogP contribution is -2.13. The lowest BCUT2D eigenvalue weighted by atomic mass is 9.90. The Balaban J connectivity index is 1.74. The predicted octanol–water partition coefficient (Wildman–Crippen LogP) is 3.47. The molecule has 1 aromatic carbocycles. The second-order valence-electron chi connectivity index (χ2n) is 4.94. The average molecular weight is 315 g/mol. The number of carbonyl (C=O) groups excluding carboxylic acids is 1. The van der Waals surface area contributed by atoms with Gasteiger partial charge in [-0.15, -0.1) is 11.3 Å². The van der Waals surface area contributed by atoms with E-state index in [2.05, 4.69) is 33.7 Å². The fraction of sp³-hybridized carbons (Fsp3) is 0.312. The molecule has 0 bridgehead atoms. The number of esters is 1. The van der Waals surface area contributed by atoms with Gasteiger partial charge in [-0.05, 0) is 31.7 Å². The molecule has 0 amide bonds. The van der Waals surface area contributed by atoms with Gasteiger partial charge >= 0.3 is 5.97 Å². The van der Waals surface area contributed by atoms with Gasteiger partial charge in [-0.1, -0.05) is 24.3 Å². The van der Waals surface area contributed by atoms with Gasteiger partial charge in [0.25, 0.3) is 0 Å². The number of thiazole rings is 1. The van der Waals surface area contributed by atoms with Crippen molar-refractivity contribution in [3.63, 3.8) is 0 Å². The van der Waals surface area contributed by atoms with E-state index in [1.165, 1.54) is 22.5 Å². The van der Waals surface area contributed by atoms with E-state index in [9.17, 15) is 4.79 Å². The van der Waals surface area contributed by atoms with Crippen LogP contribution < -0.4 is 5.43 Å². The topological polar surface area (TPSA) is 63.6 Å². The van der Waals surface area contributed by atoms with Crippen LogP contribution in [0.25, 0.3) is 0 Å². The Bertz CT molecular complexity index is 709. The molecule has 3 rings (SSSR count). The summed E-state index contributed by atoms with van der Waals surface area (Å²) in [6.07, 6.45) is 3.14. The van der Waals surface area contributed by atoms with E-state index in [-0.39, 0.29) is 0 Å². The van der Waals surface area contributed by atoms with Crippen LogP contribution in [0.5, 0.6) is 0 Å². The molecule has 5 nitrogen and oxygen atoms in total. The predicted molar refractivity (Wildman–Crippen MR) is 87.6 cm³/mol. The van der Waals surface area contributed by atoms with Gasteiger partial charge in [-0.2, -0.15) is 5.10 Å². The molecule has 0 unspecified atom stereocenters. The molecule has 1 aromatic heterocycles. The minimum atomic E-state index is -0.400. The first-order valence-corrected chi connectivity index (χ1v) is 8.19. The van der Waals surface area contributed by atoms with E-state index < -0.39 is 5.97 Å². The number of hydrazone groups is 1. The van der Waals surface area contributed by atoms with Crippen molar-refractivity contribution in [1.29, 1.82) is 0 Å². The Kier molecular flexibility index (Phi) is 4.48. The van der Waals surface area contributed by atoms with Crippen LogP contribution in [0.3, 0.4) is 0 Å². The third-order valence-corrected chi connectivity index (χ3v) is 4.21. The number of hydrogen-bond acceptors (Lipinski definition) is 6. The number of fused-ring (bicyclic) bond motifs is 1. The zero-order valence-corrected chi connectivity index (χ0v) is 13.2. The number of nitrogens with one attached hydrogen (secondary N) is 1. The third-order valence-electron chi connectivity index (χ3n) is 3.46. The Labute approximate surface area is 133 Å². The highest BCUT2D eigenvalue weighted by atomic mass is 32.1. The number of aromatic nitrogens is 1. The minimum absolute atomic E-state index is 0.318. The highest BCUT2D eigenvalue weighted by molar-refractivity contribution is 7.13. The quantitative estimate of drug-likeness (QED) is 0.693. The summed E-state index contributed by atoms with van der Waals surface area (Å²) < 4.78 is 4.92. The highest BCUT2D eigenvalue weighted by Gasteiger charge is 2.15. The van der Waals surface area contributed by atoms with Gasteiger partial charge in [-0.25, -0.2) is 9.78 Å². The lowest BCUT2D eigenvalue weighted by molar-refractivity contribution is 0.0520. The molecule has 2 aromatic rings. The standard InChI is InChI=1S/C16H17N3O2S/c1-2-21-15(20)14-10-22-16(17-14)19-18-13-9-5-7-11-6-3-4-8-12(11)13/h3-4,6,8,10H,2,5,7,9H2,1H3,(H,17,19)/b18-13-. The van der Waals surface area contributed by atoms with Crippen LogP contribution in [0.15, 0.2) is 34.7 Å². The van der Waals surface area contributed by atoms with Gasteiger partial charge < -0.3 is 4.74 Å². The first kappa shape index (κ1) is 14.7. The summed E-state index contributed by atoms with van der Waals surface area (Å²) in [5.74, 6) is -0.400. The fourth-order valence-electron chi connectivity index (χ4n) is 2.46. The maximum Gasteiger partial charge on any atom is 0.357 e. The van der Waals surface area contributed by atoms with Crippen molar-refractivity contribution in [1.82, 2.24) is 4.98 Å². The number of ether oxygens (including phenoxy) is 1. The molecule has 114 valence electrons. The monoisotopic (exact) mass is 315 g/mol. The molecular weight excluding hydrogens is 298 g/mol. The molecule has 1 N–H and O–H groups in total. The van der Waals surface area contributed by atoms with Crippen LogP contribution in [0.4, 0.5) is 5.13 Å². The number of carbonyl (C=O) groups is 1.